The fourth-order valence-corrected chi connectivity index (χ4v) is 3.09. The van der Waals surface area contributed by atoms with Crippen molar-refractivity contribution in [3.63, 3.8) is 0 Å². The third-order valence-corrected chi connectivity index (χ3v) is 4.18. The molecule has 0 aromatic heterocycles. The number of hydrogen-bond acceptors (Lipinski definition) is 4. The van der Waals surface area contributed by atoms with E-state index in [0.29, 0.717) is 22.6 Å². The third kappa shape index (κ3) is 1.82. The fourth-order valence-electron chi connectivity index (χ4n) is 3.09. The first-order valence-corrected chi connectivity index (χ1v) is 7.23. The molecule has 4 rings (SSSR count). The van der Waals surface area contributed by atoms with Crippen LogP contribution in [0.1, 0.15) is 16.7 Å². The Morgan fingerprint density at radius 2 is 1.17 bits per heavy atom. The Kier molecular flexibility index (Phi) is 2.83. The molecule has 0 aliphatic carbocycles. The minimum absolute atomic E-state index is 0.209. The van der Waals surface area contributed by atoms with Gasteiger partial charge < -0.3 is 20.1 Å². The van der Waals surface area contributed by atoms with Gasteiger partial charge in [-0.1, -0.05) is 48.5 Å². The highest BCUT2D eigenvalue weighted by molar-refractivity contribution is 5.64. The second-order valence-electron chi connectivity index (χ2n) is 5.48. The zero-order chi connectivity index (χ0) is 16.0. The second kappa shape index (κ2) is 4.76. The molecule has 0 spiro atoms. The van der Waals surface area contributed by atoms with Crippen molar-refractivity contribution in [3.8, 4) is 23.0 Å². The number of hydrogen-bond donors (Lipinski definition) is 3. The Morgan fingerprint density at radius 3 is 1.78 bits per heavy atom. The van der Waals surface area contributed by atoms with E-state index in [1.807, 2.05) is 12.1 Å². The molecule has 23 heavy (non-hydrogen) atoms. The minimum atomic E-state index is -1.62. The van der Waals surface area contributed by atoms with Crippen molar-refractivity contribution in [1.29, 1.82) is 0 Å². The number of phenols is 2. The smallest absolute Gasteiger partial charge is 0.164 e. The van der Waals surface area contributed by atoms with Gasteiger partial charge in [0.25, 0.3) is 0 Å². The zero-order valence-electron chi connectivity index (χ0n) is 12.1. The first-order valence-electron chi connectivity index (χ1n) is 7.23. The van der Waals surface area contributed by atoms with Crippen LogP contribution in [-0.2, 0) is 5.60 Å². The monoisotopic (exact) mass is 306 g/mol. The highest BCUT2D eigenvalue weighted by Gasteiger charge is 2.43. The number of ether oxygens (including phenoxy) is 1. The SMILES string of the molecule is Oc1cccc(C2(O)c3ccccc3Oc3ccccc32)c1O. The predicted molar refractivity (Wildman–Crippen MR) is 84.8 cm³/mol. The largest absolute Gasteiger partial charge is 0.504 e. The highest BCUT2D eigenvalue weighted by Crippen LogP contribution is 2.52. The molecule has 0 saturated heterocycles. The molecule has 0 radical (unpaired) electrons. The average Bonchev–Trinajstić information content (AvgIpc) is 2.57. The number of fused-ring (bicyclic) bond motifs is 2. The van der Waals surface area contributed by atoms with Gasteiger partial charge in [0, 0.05) is 16.7 Å². The fraction of sp³-hybridized carbons (Fsp3) is 0.0526. The van der Waals surface area contributed by atoms with E-state index in [-0.39, 0.29) is 17.1 Å². The van der Waals surface area contributed by atoms with Crippen LogP contribution in [0.15, 0.2) is 66.7 Å². The van der Waals surface area contributed by atoms with Crippen LogP contribution in [0.2, 0.25) is 0 Å². The Balaban J connectivity index is 2.10. The minimum Gasteiger partial charge on any atom is -0.504 e. The number of aliphatic hydroxyl groups is 1. The molecule has 1 aliphatic rings. The van der Waals surface area contributed by atoms with Crippen molar-refractivity contribution < 1.29 is 20.1 Å². The van der Waals surface area contributed by atoms with Gasteiger partial charge in [0.2, 0.25) is 0 Å². The van der Waals surface area contributed by atoms with Gasteiger partial charge in [0.15, 0.2) is 17.1 Å². The Labute approximate surface area is 132 Å². The molecule has 0 saturated carbocycles. The third-order valence-electron chi connectivity index (χ3n) is 4.18. The van der Waals surface area contributed by atoms with Crippen LogP contribution in [0, 0.1) is 0 Å². The van der Waals surface area contributed by atoms with Crippen LogP contribution in [0.4, 0.5) is 0 Å². The molecule has 3 aromatic carbocycles. The summed E-state index contributed by atoms with van der Waals surface area (Å²) in [5.74, 6) is 0.395. The zero-order valence-corrected chi connectivity index (χ0v) is 12.1. The van der Waals surface area contributed by atoms with E-state index in [1.54, 1.807) is 48.5 Å². The Morgan fingerprint density at radius 1 is 0.652 bits per heavy atom. The van der Waals surface area contributed by atoms with Crippen molar-refractivity contribution >= 4 is 0 Å². The van der Waals surface area contributed by atoms with Gasteiger partial charge in [-0.2, -0.15) is 0 Å². The molecule has 114 valence electrons. The van der Waals surface area contributed by atoms with Crippen molar-refractivity contribution in [2.24, 2.45) is 0 Å². The quantitative estimate of drug-likeness (QED) is 0.602. The summed E-state index contributed by atoms with van der Waals surface area (Å²) in [4.78, 5) is 0. The molecule has 1 heterocycles. The van der Waals surface area contributed by atoms with Crippen molar-refractivity contribution in [2.75, 3.05) is 0 Å². The van der Waals surface area contributed by atoms with E-state index in [2.05, 4.69) is 0 Å². The van der Waals surface area contributed by atoms with Crippen LogP contribution in [0.5, 0.6) is 23.0 Å². The molecular weight excluding hydrogens is 292 g/mol. The first kappa shape index (κ1) is 13.7. The van der Waals surface area contributed by atoms with Crippen molar-refractivity contribution in [1.82, 2.24) is 0 Å². The van der Waals surface area contributed by atoms with E-state index in [0.717, 1.165) is 0 Å². The summed E-state index contributed by atoms with van der Waals surface area (Å²) in [7, 11) is 0. The van der Waals surface area contributed by atoms with Gasteiger partial charge in [-0.3, -0.25) is 0 Å². The highest BCUT2D eigenvalue weighted by atomic mass is 16.5. The number of rotatable bonds is 1. The number of benzene rings is 3. The van der Waals surface area contributed by atoms with Crippen LogP contribution < -0.4 is 4.74 Å². The summed E-state index contributed by atoms with van der Waals surface area (Å²) in [5, 5.41) is 31.8. The summed E-state index contributed by atoms with van der Waals surface area (Å²) in [6.07, 6.45) is 0. The lowest BCUT2D eigenvalue weighted by Gasteiger charge is -2.36. The van der Waals surface area contributed by atoms with Crippen LogP contribution >= 0.6 is 0 Å². The maximum atomic E-state index is 11.6. The second-order valence-corrected chi connectivity index (χ2v) is 5.48. The molecule has 0 amide bonds. The molecule has 0 unspecified atom stereocenters. The lowest BCUT2D eigenvalue weighted by atomic mass is 9.77. The molecule has 0 bridgehead atoms. The Hall–Kier alpha value is -2.98. The lowest BCUT2D eigenvalue weighted by Crippen LogP contribution is -2.32. The number of phenolic OH excluding ortho intramolecular Hbond substituents is 2. The Bertz CT molecular complexity index is 856. The van der Waals surface area contributed by atoms with Crippen molar-refractivity contribution in [2.45, 2.75) is 5.60 Å². The van der Waals surface area contributed by atoms with E-state index in [1.165, 1.54) is 6.07 Å². The normalized spacial score (nSPS) is 14.5. The van der Waals surface area contributed by atoms with E-state index < -0.39 is 5.60 Å². The van der Waals surface area contributed by atoms with Crippen molar-refractivity contribution in [3.05, 3.63) is 83.4 Å². The first-order chi connectivity index (χ1) is 11.1. The maximum absolute atomic E-state index is 11.6. The molecule has 1 aliphatic heterocycles. The van der Waals surface area contributed by atoms with Gasteiger partial charge in [-0.15, -0.1) is 0 Å². The summed E-state index contributed by atoms with van der Waals surface area (Å²) in [5.41, 5.74) is -0.381. The topological polar surface area (TPSA) is 69.9 Å². The molecule has 3 aromatic rings. The summed E-state index contributed by atoms with van der Waals surface area (Å²) in [6, 6.07) is 18.8. The molecule has 0 fully saturated rings. The summed E-state index contributed by atoms with van der Waals surface area (Å²) in [6.45, 7) is 0. The molecular formula is C19H14O4. The molecule has 4 nitrogen and oxygen atoms in total. The number of aromatic hydroxyl groups is 2. The van der Waals surface area contributed by atoms with Gasteiger partial charge in [-0.05, 0) is 18.2 Å². The van der Waals surface area contributed by atoms with E-state index >= 15 is 0 Å². The van der Waals surface area contributed by atoms with Gasteiger partial charge in [0.1, 0.15) is 11.5 Å². The molecule has 4 heteroatoms. The standard InChI is InChI=1S/C19H14O4/c20-15-9-5-8-14(18(15)21)19(22)12-6-1-3-10-16(12)23-17-11-4-2-7-13(17)19/h1-11,20-22H. The van der Waals surface area contributed by atoms with E-state index in [4.69, 9.17) is 4.74 Å². The number of para-hydroxylation sites is 3. The average molecular weight is 306 g/mol. The predicted octanol–water partition coefficient (Wildman–Crippen LogP) is 3.49. The van der Waals surface area contributed by atoms with Crippen LogP contribution in [-0.4, -0.2) is 15.3 Å². The molecule has 3 N–H and O–H groups in total. The van der Waals surface area contributed by atoms with Gasteiger partial charge in [-0.25, -0.2) is 0 Å². The van der Waals surface area contributed by atoms with Crippen LogP contribution in [0.3, 0.4) is 0 Å². The van der Waals surface area contributed by atoms with E-state index in [9.17, 15) is 15.3 Å². The van der Waals surface area contributed by atoms with Gasteiger partial charge >= 0.3 is 0 Å². The molecule has 0 atom stereocenters. The lowest BCUT2D eigenvalue weighted by molar-refractivity contribution is 0.109. The summed E-state index contributed by atoms with van der Waals surface area (Å²) >= 11 is 0. The van der Waals surface area contributed by atoms with Gasteiger partial charge in [0.05, 0.1) is 0 Å². The van der Waals surface area contributed by atoms with Crippen LogP contribution in [0.25, 0.3) is 0 Å². The maximum Gasteiger partial charge on any atom is 0.164 e. The summed E-state index contributed by atoms with van der Waals surface area (Å²) < 4.78 is 5.86.